The van der Waals surface area contributed by atoms with Gasteiger partial charge in [0.25, 0.3) is 0 Å². The molecule has 1 unspecified atom stereocenters. The van der Waals surface area contributed by atoms with Crippen molar-refractivity contribution in [3.05, 3.63) is 84.2 Å². The summed E-state index contributed by atoms with van der Waals surface area (Å²) in [5, 5.41) is 7.59. The monoisotopic (exact) mass is 652 g/mol. The van der Waals surface area contributed by atoms with Crippen LogP contribution in [0.5, 0.6) is 11.5 Å². The summed E-state index contributed by atoms with van der Waals surface area (Å²) in [6.07, 6.45) is -3.29. The van der Waals surface area contributed by atoms with Crippen LogP contribution in [0.15, 0.2) is 78.0 Å². The van der Waals surface area contributed by atoms with Crippen molar-refractivity contribution >= 4 is 34.6 Å². The maximum atomic E-state index is 12.8. The molecule has 1 fully saturated rings. The zero-order valence-corrected chi connectivity index (χ0v) is 26.2. The molecule has 2 heterocycles. The van der Waals surface area contributed by atoms with Crippen LogP contribution in [0.3, 0.4) is 0 Å². The lowest BCUT2D eigenvalue weighted by molar-refractivity contribution is -0.274. The summed E-state index contributed by atoms with van der Waals surface area (Å²) >= 11 is 1.22. The third-order valence-electron chi connectivity index (χ3n) is 7.18. The molecule has 0 saturated carbocycles. The minimum absolute atomic E-state index is 0.0516. The Morgan fingerprint density at radius 2 is 1.74 bits per heavy atom. The SMILES string of the molecule is COc1ccc(N2C(=O)CSC2=NC(=O)NCC(C)c2ccc(-c3ncn(-c4ccc(OC(F)(F)F)cc4)n3)cc2)c(C(C)C)c1. The summed E-state index contributed by atoms with van der Waals surface area (Å²) in [4.78, 5) is 35.7. The minimum atomic E-state index is -4.76. The molecule has 0 bridgehead atoms. The van der Waals surface area contributed by atoms with Crippen molar-refractivity contribution in [2.45, 2.75) is 39.0 Å². The van der Waals surface area contributed by atoms with Crippen LogP contribution in [0, 0.1) is 0 Å². The van der Waals surface area contributed by atoms with Gasteiger partial charge in [-0.2, -0.15) is 4.99 Å². The quantitative estimate of drug-likeness (QED) is 0.209. The van der Waals surface area contributed by atoms with Crippen LogP contribution in [0.25, 0.3) is 17.1 Å². The van der Waals surface area contributed by atoms with E-state index in [4.69, 9.17) is 4.74 Å². The fraction of sp³-hybridized carbons (Fsp3) is 0.281. The van der Waals surface area contributed by atoms with E-state index in [1.54, 1.807) is 13.2 Å². The molecular formula is C32H31F3N6O4S. The molecule has 1 atom stereocenters. The van der Waals surface area contributed by atoms with E-state index in [0.717, 1.165) is 16.7 Å². The van der Waals surface area contributed by atoms with Gasteiger partial charge in [0.05, 0.1) is 24.2 Å². The number of anilines is 1. The number of nitrogens with one attached hydrogen (secondary N) is 1. The van der Waals surface area contributed by atoms with Crippen LogP contribution in [-0.2, 0) is 4.79 Å². The van der Waals surface area contributed by atoms with E-state index in [0.29, 0.717) is 34.7 Å². The molecule has 10 nitrogen and oxygen atoms in total. The van der Waals surface area contributed by atoms with Crippen LogP contribution >= 0.6 is 11.8 Å². The van der Waals surface area contributed by atoms with Gasteiger partial charge in [-0.1, -0.05) is 56.8 Å². The number of urea groups is 1. The molecule has 1 saturated heterocycles. The van der Waals surface area contributed by atoms with E-state index in [1.807, 2.05) is 57.2 Å². The number of methoxy groups -OCH3 is 1. The number of aliphatic imine (C=N–C) groups is 1. The molecule has 1 N–H and O–H groups in total. The maximum Gasteiger partial charge on any atom is 0.573 e. The Hall–Kier alpha value is -4.85. The Morgan fingerprint density at radius 1 is 1.04 bits per heavy atom. The Kier molecular flexibility index (Phi) is 9.65. The maximum absolute atomic E-state index is 12.8. The summed E-state index contributed by atoms with van der Waals surface area (Å²) < 4.78 is 48.0. The average molecular weight is 653 g/mol. The number of alkyl halides is 3. The second-order valence-electron chi connectivity index (χ2n) is 10.8. The standard InChI is InChI=1S/C32H31F3N6O4S/c1-19(2)26-15-25(44-4)13-14-27(26)41-28(42)17-46-31(41)38-30(43)36-16-20(3)21-5-7-22(8-6-21)29-37-18-40(39-29)23-9-11-24(12-10-23)45-32(33,34)35/h5-15,18-20H,16-17H2,1-4H3,(H,36,43). The Bertz CT molecular complexity index is 1740. The van der Waals surface area contributed by atoms with Crippen LogP contribution in [-0.4, -0.2) is 57.6 Å². The Labute approximate surface area is 267 Å². The van der Waals surface area contributed by atoms with E-state index in [9.17, 15) is 22.8 Å². The number of hydrogen-bond acceptors (Lipinski definition) is 7. The number of hydrogen-bond donors (Lipinski definition) is 1. The van der Waals surface area contributed by atoms with Crippen molar-refractivity contribution < 1.29 is 32.2 Å². The molecule has 0 aliphatic carbocycles. The zero-order chi connectivity index (χ0) is 33.0. The van der Waals surface area contributed by atoms with E-state index >= 15 is 0 Å². The van der Waals surface area contributed by atoms with Gasteiger partial charge in [0.15, 0.2) is 11.0 Å². The first kappa shape index (κ1) is 32.5. The number of carbonyl (C=O) groups is 2. The van der Waals surface area contributed by atoms with Gasteiger partial charge in [-0.05, 0) is 65.4 Å². The molecule has 46 heavy (non-hydrogen) atoms. The third kappa shape index (κ3) is 7.68. The number of benzene rings is 3. The lowest BCUT2D eigenvalue weighted by Gasteiger charge is -2.22. The van der Waals surface area contributed by atoms with Crippen LogP contribution in [0.2, 0.25) is 0 Å². The highest BCUT2D eigenvalue weighted by atomic mass is 32.2. The summed E-state index contributed by atoms with van der Waals surface area (Å²) in [5.74, 6) is 0.893. The van der Waals surface area contributed by atoms with Crippen LogP contribution < -0.4 is 19.7 Å². The molecular weight excluding hydrogens is 621 g/mol. The molecule has 1 aromatic heterocycles. The number of nitrogens with zero attached hydrogens (tertiary/aromatic N) is 5. The molecule has 4 aromatic rings. The van der Waals surface area contributed by atoms with Crippen molar-refractivity contribution in [1.29, 1.82) is 0 Å². The average Bonchev–Trinajstić information content (AvgIpc) is 3.66. The summed E-state index contributed by atoms with van der Waals surface area (Å²) in [6, 6.07) is 17.8. The van der Waals surface area contributed by atoms with Crippen LogP contribution in [0.4, 0.5) is 23.7 Å². The van der Waals surface area contributed by atoms with Crippen LogP contribution in [0.1, 0.15) is 43.7 Å². The van der Waals surface area contributed by atoms with E-state index in [-0.39, 0.29) is 29.2 Å². The second kappa shape index (κ2) is 13.6. The smallest absolute Gasteiger partial charge is 0.497 e. The molecule has 1 aliphatic rings. The van der Waals surface area contributed by atoms with Crippen molar-refractivity contribution in [2.24, 2.45) is 4.99 Å². The van der Waals surface area contributed by atoms with Gasteiger partial charge in [-0.3, -0.25) is 9.69 Å². The fourth-order valence-electron chi connectivity index (χ4n) is 4.77. The second-order valence-corrected chi connectivity index (χ2v) is 11.7. The third-order valence-corrected chi connectivity index (χ3v) is 8.11. The van der Waals surface area contributed by atoms with Gasteiger partial charge in [0.2, 0.25) is 5.91 Å². The highest BCUT2D eigenvalue weighted by Gasteiger charge is 2.33. The normalized spacial score (nSPS) is 15.0. The number of halogens is 3. The molecule has 0 radical (unpaired) electrons. The first-order valence-electron chi connectivity index (χ1n) is 14.3. The fourth-order valence-corrected chi connectivity index (χ4v) is 5.63. The van der Waals surface area contributed by atoms with E-state index in [1.165, 1.54) is 51.9 Å². The van der Waals surface area contributed by atoms with Crippen molar-refractivity contribution in [1.82, 2.24) is 20.1 Å². The van der Waals surface area contributed by atoms with Gasteiger partial charge in [-0.25, -0.2) is 14.5 Å². The zero-order valence-electron chi connectivity index (χ0n) is 25.4. The lowest BCUT2D eigenvalue weighted by atomic mass is 10.00. The van der Waals surface area contributed by atoms with Crippen molar-refractivity contribution in [3.63, 3.8) is 0 Å². The number of aromatic nitrogens is 3. The summed E-state index contributed by atoms with van der Waals surface area (Å²) in [6.45, 7) is 6.33. The highest BCUT2D eigenvalue weighted by Crippen LogP contribution is 2.35. The number of amides is 3. The first-order chi connectivity index (χ1) is 21.9. The van der Waals surface area contributed by atoms with Crippen molar-refractivity contribution in [3.8, 4) is 28.6 Å². The molecule has 5 rings (SSSR count). The topological polar surface area (TPSA) is 111 Å². The van der Waals surface area contributed by atoms with Gasteiger partial charge in [0.1, 0.15) is 17.8 Å². The minimum Gasteiger partial charge on any atom is -0.497 e. The Morgan fingerprint density at radius 3 is 2.39 bits per heavy atom. The molecule has 0 spiro atoms. The summed E-state index contributed by atoms with van der Waals surface area (Å²) in [7, 11) is 1.59. The highest BCUT2D eigenvalue weighted by molar-refractivity contribution is 8.15. The number of ether oxygens (including phenoxy) is 2. The summed E-state index contributed by atoms with van der Waals surface area (Å²) in [5.41, 5.74) is 3.81. The molecule has 14 heteroatoms. The van der Waals surface area contributed by atoms with Gasteiger partial charge in [-0.15, -0.1) is 18.3 Å². The first-order valence-corrected chi connectivity index (χ1v) is 15.3. The van der Waals surface area contributed by atoms with Crippen molar-refractivity contribution in [2.75, 3.05) is 24.3 Å². The number of rotatable bonds is 9. The lowest BCUT2D eigenvalue weighted by Crippen LogP contribution is -2.32. The predicted molar refractivity (Wildman–Crippen MR) is 170 cm³/mol. The number of carbonyl (C=O) groups excluding carboxylic acids is 2. The molecule has 240 valence electrons. The van der Waals surface area contributed by atoms with E-state index in [2.05, 4.69) is 25.1 Å². The molecule has 1 aliphatic heterocycles. The largest absolute Gasteiger partial charge is 0.573 e. The number of thioether (sulfide) groups is 1. The van der Waals surface area contributed by atoms with Gasteiger partial charge in [0, 0.05) is 12.1 Å². The van der Waals surface area contributed by atoms with Gasteiger partial charge >= 0.3 is 12.4 Å². The molecule has 3 aromatic carbocycles. The van der Waals surface area contributed by atoms with E-state index < -0.39 is 12.4 Å². The predicted octanol–water partition coefficient (Wildman–Crippen LogP) is 6.91. The number of amidine groups is 1. The Balaban J connectivity index is 1.20. The molecule has 3 amide bonds. The van der Waals surface area contributed by atoms with Gasteiger partial charge < -0.3 is 14.8 Å².